The van der Waals surface area contributed by atoms with Crippen LogP contribution in [0.4, 0.5) is 0 Å². The number of phenols is 2. The Labute approximate surface area is 159 Å². The normalized spacial score (nSPS) is 17.4. The minimum Gasteiger partial charge on any atom is -0.507 e. The first-order valence-corrected chi connectivity index (χ1v) is 8.45. The van der Waals surface area contributed by atoms with E-state index in [0.717, 1.165) is 17.3 Å². The maximum absolute atomic E-state index is 11.4. The summed E-state index contributed by atoms with van der Waals surface area (Å²) in [6.07, 6.45) is 0.338. The van der Waals surface area contributed by atoms with Crippen LogP contribution >= 0.6 is 0 Å². The number of carbonyl (C=O) groups excluding carboxylic acids is 1. The second-order valence-corrected chi connectivity index (χ2v) is 6.49. The van der Waals surface area contributed by atoms with Crippen molar-refractivity contribution in [3.05, 3.63) is 58.7 Å². The van der Waals surface area contributed by atoms with Crippen molar-refractivity contribution in [3.63, 3.8) is 0 Å². The molecule has 0 aromatic heterocycles. The maximum Gasteiger partial charge on any atom is 0.343 e. The number of nitrogens with one attached hydrogen (secondary N) is 2. The van der Waals surface area contributed by atoms with Gasteiger partial charge in [-0.25, -0.2) is 15.8 Å². The van der Waals surface area contributed by atoms with Gasteiger partial charge < -0.3 is 15.3 Å². The zero-order valence-corrected chi connectivity index (χ0v) is 14.9. The van der Waals surface area contributed by atoms with Crippen LogP contribution in [0.15, 0.2) is 46.6 Å². The number of aromatic carboxylic acids is 1. The second-order valence-electron chi connectivity index (χ2n) is 6.49. The van der Waals surface area contributed by atoms with Crippen LogP contribution in [-0.4, -0.2) is 32.9 Å². The molecule has 0 radical (unpaired) electrons. The summed E-state index contributed by atoms with van der Waals surface area (Å²) in [5.74, 6) is -2.87. The summed E-state index contributed by atoms with van der Waals surface area (Å²) in [6, 6.07) is 8.43. The average Bonchev–Trinajstić information content (AvgIpc) is 2.64. The molecule has 5 N–H and O–H groups in total. The molecule has 28 heavy (non-hydrogen) atoms. The zero-order chi connectivity index (χ0) is 20.4. The Morgan fingerprint density at radius 3 is 2.50 bits per heavy atom. The molecule has 144 valence electrons. The van der Waals surface area contributed by atoms with Crippen LogP contribution in [0.1, 0.15) is 46.4 Å². The number of amides is 1. The van der Waals surface area contributed by atoms with E-state index in [-0.39, 0.29) is 17.4 Å². The molecule has 9 heteroatoms. The highest BCUT2D eigenvalue weighted by Crippen LogP contribution is 2.38. The van der Waals surface area contributed by atoms with E-state index < -0.39 is 29.1 Å². The molecule has 0 fully saturated rings. The number of hydrogen-bond acceptors (Lipinski definition) is 7. The Bertz CT molecular complexity index is 985. The zero-order valence-electron chi connectivity index (χ0n) is 14.9. The molecular weight excluding hydrogens is 364 g/mol. The Morgan fingerprint density at radius 1 is 1.25 bits per heavy atom. The number of rotatable bonds is 5. The number of hydrogen-bond donors (Lipinski definition) is 5. The molecule has 0 aliphatic carbocycles. The van der Waals surface area contributed by atoms with E-state index in [1.807, 2.05) is 6.92 Å². The standard InChI is InChI=1S/C19H18N4O5/c1-9-8-14(25)22-23-16(9)10-2-4-11(5-3-10)17(21-20)12-6-7-13(24)15(18(12)26)19(27)28/h2-7,9,17,20,24,26H,8H2,1H3,(H,22,25)(H,27,28). The van der Waals surface area contributed by atoms with Gasteiger partial charge in [-0.2, -0.15) is 10.2 Å². The van der Waals surface area contributed by atoms with E-state index in [1.54, 1.807) is 24.3 Å². The summed E-state index contributed by atoms with van der Waals surface area (Å²) < 4.78 is 0. The van der Waals surface area contributed by atoms with Crippen molar-refractivity contribution in [2.24, 2.45) is 16.1 Å². The summed E-state index contributed by atoms with van der Waals surface area (Å²) in [4.78, 5) is 22.7. The Morgan fingerprint density at radius 2 is 1.93 bits per heavy atom. The van der Waals surface area contributed by atoms with Gasteiger partial charge in [0, 0.05) is 17.9 Å². The van der Waals surface area contributed by atoms with Gasteiger partial charge in [-0.3, -0.25) is 4.79 Å². The fourth-order valence-electron chi connectivity index (χ4n) is 3.19. The molecule has 0 saturated carbocycles. The van der Waals surface area contributed by atoms with Crippen LogP contribution in [0, 0.1) is 11.4 Å². The number of nitrogens with zero attached hydrogens (tertiary/aromatic N) is 2. The lowest BCUT2D eigenvalue weighted by atomic mass is 9.91. The largest absolute Gasteiger partial charge is 0.507 e. The van der Waals surface area contributed by atoms with Crippen molar-refractivity contribution in [2.75, 3.05) is 0 Å². The lowest BCUT2D eigenvalue weighted by molar-refractivity contribution is -0.121. The highest BCUT2D eigenvalue weighted by atomic mass is 16.4. The lowest BCUT2D eigenvalue weighted by Crippen LogP contribution is -2.31. The fraction of sp³-hybridized carbons (Fsp3) is 0.211. The number of hydrazone groups is 1. The van der Waals surface area contributed by atoms with E-state index in [9.17, 15) is 24.9 Å². The summed E-state index contributed by atoms with van der Waals surface area (Å²) in [7, 11) is 0. The van der Waals surface area contributed by atoms with Crippen LogP contribution in [0.2, 0.25) is 0 Å². The lowest BCUT2D eigenvalue weighted by Gasteiger charge is -2.20. The van der Waals surface area contributed by atoms with Crippen LogP contribution in [-0.2, 0) is 4.79 Å². The Kier molecular flexibility index (Phi) is 5.08. The minimum atomic E-state index is -1.48. The second kappa shape index (κ2) is 7.47. The topological polar surface area (TPSA) is 155 Å². The smallest absolute Gasteiger partial charge is 0.343 e. The van der Waals surface area contributed by atoms with Crippen LogP contribution in [0.3, 0.4) is 0 Å². The third-order valence-corrected chi connectivity index (χ3v) is 4.61. The molecule has 1 aliphatic rings. The number of carboxylic acids is 1. The fourth-order valence-corrected chi connectivity index (χ4v) is 3.19. The number of carboxylic acid groups (broad SMARTS) is 1. The van der Waals surface area contributed by atoms with Crippen LogP contribution in [0.25, 0.3) is 0 Å². The van der Waals surface area contributed by atoms with E-state index in [0.29, 0.717) is 12.0 Å². The first-order valence-electron chi connectivity index (χ1n) is 8.45. The molecule has 0 saturated heterocycles. The highest BCUT2D eigenvalue weighted by Gasteiger charge is 2.25. The predicted octanol–water partition coefficient (Wildman–Crippen LogP) is 2.78. The number of aromatic hydroxyl groups is 2. The van der Waals surface area contributed by atoms with Gasteiger partial charge >= 0.3 is 5.97 Å². The van der Waals surface area contributed by atoms with E-state index in [4.69, 9.17) is 5.53 Å². The van der Waals surface area contributed by atoms with Gasteiger partial charge in [0.1, 0.15) is 23.1 Å². The van der Waals surface area contributed by atoms with Gasteiger partial charge in [-0.15, -0.1) is 0 Å². The summed E-state index contributed by atoms with van der Waals surface area (Å²) in [5.41, 5.74) is 11.5. The molecule has 2 aromatic rings. The van der Waals surface area contributed by atoms with Crippen molar-refractivity contribution in [3.8, 4) is 11.5 Å². The molecule has 2 unspecified atom stereocenters. The summed E-state index contributed by atoms with van der Waals surface area (Å²) >= 11 is 0. The molecule has 1 heterocycles. The van der Waals surface area contributed by atoms with Crippen LogP contribution < -0.4 is 5.43 Å². The van der Waals surface area contributed by atoms with Crippen molar-refractivity contribution < 1.29 is 24.9 Å². The Hall–Kier alpha value is -3.75. The number of benzene rings is 2. The quantitative estimate of drug-likeness (QED) is 0.503. The van der Waals surface area contributed by atoms with Crippen molar-refractivity contribution >= 4 is 17.6 Å². The van der Waals surface area contributed by atoms with Gasteiger partial charge in [0.05, 0.1) is 5.71 Å². The molecule has 0 spiro atoms. The van der Waals surface area contributed by atoms with Crippen molar-refractivity contribution in [2.45, 2.75) is 19.4 Å². The van der Waals surface area contributed by atoms with E-state index >= 15 is 0 Å². The van der Waals surface area contributed by atoms with E-state index in [2.05, 4.69) is 15.6 Å². The third-order valence-electron chi connectivity index (χ3n) is 4.61. The van der Waals surface area contributed by atoms with Crippen LogP contribution in [0.5, 0.6) is 11.5 Å². The minimum absolute atomic E-state index is 0.0458. The van der Waals surface area contributed by atoms with Gasteiger partial charge in [-0.1, -0.05) is 31.2 Å². The van der Waals surface area contributed by atoms with E-state index in [1.165, 1.54) is 6.07 Å². The van der Waals surface area contributed by atoms with Gasteiger partial charge in [-0.05, 0) is 23.3 Å². The average molecular weight is 382 g/mol. The van der Waals surface area contributed by atoms with Crippen molar-refractivity contribution in [1.82, 2.24) is 5.43 Å². The maximum atomic E-state index is 11.4. The van der Waals surface area contributed by atoms with Gasteiger partial charge in [0.2, 0.25) is 5.91 Å². The SMILES string of the molecule is CC1CC(=O)NN=C1c1ccc(C(N=N)c2ccc(O)c(C(=O)O)c2O)cc1. The predicted molar refractivity (Wildman–Crippen MR) is 98.6 cm³/mol. The molecule has 0 bridgehead atoms. The Balaban J connectivity index is 1.97. The molecule has 9 nitrogen and oxygen atoms in total. The van der Waals surface area contributed by atoms with Crippen molar-refractivity contribution in [1.29, 1.82) is 5.53 Å². The third kappa shape index (κ3) is 3.41. The number of carbonyl (C=O) groups is 2. The molecule has 2 atom stereocenters. The summed E-state index contributed by atoms with van der Waals surface area (Å²) in [5, 5.41) is 36.7. The first kappa shape index (κ1) is 19.0. The molecule has 1 amide bonds. The molecule has 3 rings (SSSR count). The monoisotopic (exact) mass is 382 g/mol. The van der Waals surface area contributed by atoms with Gasteiger partial charge in [0.25, 0.3) is 0 Å². The molecular formula is C19H18N4O5. The van der Waals surface area contributed by atoms with Gasteiger partial charge in [0.15, 0.2) is 0 Å². The first-order chi connectivity index (χ1) is 13.3. The molecule has 1 aliphatic heterocycles. The molecule has 2 aromatic carbocycles. The highest BCUT2D eigenvalue weighted by molar-refractivity contribution is 6.05. The summed E-state index contributed by atoms with van der Waals surface area (Å²) in [6.45, 7) is 1.90.